The number of rotatable bonds is 5. The molecule has 4 rings (SSSR count). The Morgan fingerprint density at radius 1 is 1.10 bits per heavy atom. The highest BCUT2D eigenvalue weighted by Gasteiger charge is 2.23. The Morgan fingerprint density at radius 3 is 2.48 bits per heavy atom. The molecule has 8 heteroatoms. The van der Waals surface area contributed by atoms with Crippen molar-refractivity contribution >= 4 is 34.2 Å². The van der Waals surface area contributed by atoms with Gasteiger partial charge in [-0.2, -0.15) is 0 Å². The van der Waals surface area contributed by atoms with Gasteiger partial charge in [0.25, 0.3) is 0 Å². The number of hydrogen-bond acceptors (Lipinski definition) is 5. The first kappa shape index (κ1) is 20.9. The Hall–Kier alpha value is -3.39. The average molecular weight is 424 g/mol. The van der Waals surface area contributed by atoms with E-state index in [0.717, 1.165) is 35.2 Å². The first-order valence-corrected chi connectivity index (χ1v) is 10.2. The van der Waals surface area contributed by atoms with E-state index in [4.69, 9.17) is 4.74 Å². The predicted molar refractivity (Wildman–Crippen MR) is 118 cm³/mol. The maximum Gasteiger partial charge on any atom is 0.356 e. The third-order valence-electron chi connectivity index (χ3n) is 5.62. The van der Waals surface area contributed by atoms with Crippen LogP contribution in [0.5, 0.6) is 0 Å². The Labute approximate surface area is 179 Å². The lowest BCUT2D eigenvalue weighted by Crippen LogP contribution is -2.48. The van der Waals surface area contributed by atoms with E-state index in [0.29, 0.717) is 18.8 Å². The number of ether oxygens (including phenoxy) is 1. The zero-order valence-electron chi connectivity index (χ0n) is 17.6. The first-order valence-electron chi connectivity index (χ1n) is 10.2. The van der Waals surface area contributed by atoms with Crippen molar-refractivity contribution < 1.29 is 18.7 Å². The summed E-state index contributed by atoms with van der Waals surface area (Å²) < 4.78 is 18.0. The van der Waals surface area contributed by atoms with E-state index in [1.807, 2.05) is 25.1 Å². The van der Waals surface area contributed by atoms with E-state index >= 15 is 0 Å². The molecule has 1 aromatic heterocycles. The lowest BCUT2D eigenvalue weighted by Gasteiger charge is -2.35. The zero-order chi connectivity index (χ0) is 22.0. The maximum absolute atomic E-state index is 13.1. The monoisotopic (exact) mass is 424 g/mol. The van der Waals surface area contributed by atoms with Crippen molar-refractivity contribution in [1.29, 1.82) is 0 Å². The highest BCUT2D eigenvalue weighted by molar-refractivity contribution is 6.12. The Bertz CT molecular complexity index is 1100. The molecule has 162 valence electrons. The molecule has 1 fully saturated rings. The fourth-order valence-electron chi connectivity index (χ4n) is 4.00. The van der Waals surface area contributed by atoms with Gasteiger partial charge in [-0.3, -0.25) is 9.69 Å². The van der Waals surface area contributed by atoms with Crippen molar-refractivity contribution in [3.63, 3.8) is 0 Å². The minimum absolute atomic E-state index is 0.190. The van der Waals surface area contributed by atoms with Gasteiger partial charge in [0.15, 0.2) is 0 Å². The van der Waals surface area contributed by atoms with Crippen LogP contribution in [0.4, 0.5) is 15.8 Å². The van der Waals surface area contributed by atoms with E-state index in [1.54, 1.807) is 12.1 Å². The number of nitrogens with one attached hydrogen (secondary N) is 2. The molecule has 1 saturated heterocycles. The van der Waals surface area contributed by atoms with Gasteiger partial charge in [0.2, 0.25) is 5.91 Å². The van der Waals surface area contributed by atoms with Gasteiger partial charge in [-0.05, 0) is 42.8 Å². The normalized spacial score (nSPS) is 14.6. The van der Waals surface area contributed by atoms with E-state index in [2.05, 4.69) is 20.1 Å². The number of carbonyl (C=O) groups excluding carboxylic acids is 2. The second-order valence-corrected chi connectivity index (χ2v) is 7.65. The number of anilines is 2. The Morgan fingerprint density at radius 2 is 1.81 bits per heavy atom. The molecule has 0 bridgehead atoms. The molecular formula is C23H25FN4O3. The second-order valence-electron chi connectivity index (χ2n) is 7.65. The summed E-state index contributed by atoms with van der Waals surface area (Å²) >= 11 is 0. The van der Waals surface area contributed by atoms with Crippen LogP contribution in [0, 0.1) is 12.7 Å². The van der Waals surface area contributed by atoms with Gasteiger partial charge in [-0.15, -0.1) is 0 Å². The SMILES string of the molecule is COC(=O)c1[nH]c2cccc(C)c2c1NC(=O)CN1CCN(c2ccc(F)cc2)CC1. The second kappa shape index (κ2) is 8.77. The van der Waals surface area contributed by atoms with Crippen molar-refractivity contribution in [3.8, 4) is 0 Å². The number of carbonyl (C=O) groups is 2. The molecule has 2 aromatic carbocycles. The summed E-state index contributed by atoms with van der Waals surface area (Å²) in [5.41, 5.74) is 3.38. The summed E-state index contributed by atoms with van der Waals surface area (Å²) in [6.07, 6.45) is 0. The van der Waals surface area contributed by atoms with E-state index in [-0.39, 0.29) is 24.0 Å². The number of aryl methyl sites for hydroxylation is 1. The molecule has 0 saturated carbocycles. The summed E-state index contributed by atoms with van der Waals surface area (Å²) in [5, 5.41) is 3.72. The van der Waals surface area contributed by atoms with Crippen molar-refractivity contribution in [1.82, 2.24) is 9.88 Å². The van der Waals surface area contributed by atoms with Gasteiger partial charge in [0.05, 0.1) is 19.3 Å². The molecular weight excluding hydrogens is 399 g/mol. The van der Waals surface area contributed by atoms with Gasteiger partial charge in [-0.25, -0.2) is 9.18 Å². The third kappa shape index (κ3) is 4.39. The molecule has 31 heavy (non-hydrogen) atoms. The molecule has 0 aliphatic carbocycles. The zero-order valence-corrected chi connectivity index (χ0v) is 17.6. The van der Waals surface area contributed by atoms with Gasteiger partial charge in [0.1, 0.15) is 11.5 Å². The van der Waals surface area contributed by atoms with Crippen LogP contribution in [-0.2, 0) is 9.53 Å². The molecule has 3 aromatic rings. The van der Waals surface area contributed by atoms with Crippen LogP contribution < -0.4 is 10.2 Å². The van der Waals surface area contributed by atoms with Crippen molar-refractivity contribution in [3.05, 3.63) is 59.5 Å². The minimum Gasteiger partial charge on any atom is -0.464 e. The molecule has 7 nitrogen and oxygen atoms in total. The first-order chi connectivity index (χ1) is 15.0. The number of esters is 1. The number of halogens is 1. The quantitative estimate of drug-likeness (QED) is 0.616. The number of hydrogen-bond donors (Lipinski definition) is 2. The van der Waals surface area contributed by atoms with Crippen LogP contribution in [0.25, 0.3) is 10.9 Å². The molecule has 0 spiro atoms. The molecule has 0 radical (unpaired) electrons. The number of aromatic amines is 1. The van der Waals surface area contributed by atoms with Crippen molar-refractivity contribution in [2.45, 2.75) is 6.92 Å². The number of aromatic nitrogens is 1. The Kier molecular flexibility index (Phi) is 5.90. The fourth-order valence-corrected chi connectivity index (χ4v) is 4.00. The summed E-state index contributed by atoms with van der Waals surface area (Å²) in [7, 11) is 1.31. The van der Waals surface area contributed by atoms with Crippen LogP contribution >= 0.6 is 0 Å². The molecule has 2 heterocycles. The van der Waals surface area contributed by atoms with Gasteiger partial charge < -0.3 is 19.9 Å². The number of fused-ring (bicyclic) bond motifs is 1. The molecule has 0 unspecified atom stereocenters. The lowest BCUT2D eigenvalue weighted by molar-refractivity contribution is -0.117. The number of benzene rings is 2. The van der Waals surface area contributed by atoms with Crippen molar-refractivity contribution in [2.75, 3.05) is 50.1 Å². The van der Waals surface area contributed by atoms with Gasteiger partial charge in [-0.1, -0.05) is 12.1 Å². The maximum atomic E-state index is 13.1. The van der Waals surface area contributed by atoms with E-state index < -0.39 is 5.97 Å². The molecule has 1 amide bonds. The number of methoxy groups -OCH3 is 1. The fraction of sp³-hybridized carbons (Fsp3) is 0.304. The van der Waals surface area contributed by atoms with Crippen LogP contribution in [0.1, 0.15) is 16.1 Å². The van der Waals surface area contributed by atoms with Crippen molar-refractivity contribution in [2.24, 2.45) is 0 Å². The molecule has 2 N–H and O–H groups in total. The van der Waals surface area contributed by atoms with Crippen LogP contribution in [0.15, 0.2) is 42.5 Å². The molecule has 0 atom stereocenters. The standard InChI is InChI=1S/C23H25FN4O3/c1-15-4-3-5-18-20(15)21(22(25-18)23(30)31-2)26-19(29)14-27-10-12-28(13-11-27)17-8-6-16(24)7-9-17/h3-9,25H,10-14H2,1-2H3,(H,26,29). The van der Waals surface area contributed by atoms with Crippen LogP contribution in [0.3, 0.4) is 0 Å². The minimum atomic E-state index is -0.529. The number of piperazine rings is 1. The smallest absolute Gasteiger partial charge is 0.356 e. The largest absolute Gasteiger partial charge is 0.464 e. The van der Waals surface area contributed by atoms with Gasteiger partial charge >= 0.3 is 5.97 Å². The Balaban J connectivity index is 1.43. The lowest BCUT2D eigenvalue weighted by atomic mass is 10.1. The van der Waals surface area contributed by atoms with Crippen LogP contribution in [0.2, 0.25) is 0 Å². The predicted octanol–water partition coefficient (Wildman–Crippen LogP) is 3.16. The topological polar surface area (TPSA) is 77.7 Å². The van der Waals surface area contributed by atoms with Crippen LogP contribution in [-0.4, -0.2) is 61.6 Å². The van der Waals surface area contributed by atoms with Gasteiger partial charge in [0, 0.05) is 42.8 Å². The van der Waals surface area contributed by atoms with E-state index in [1.165, 1.54) is 19.2 Å². The number of H-pyrrole nitrogens is 1. The number of amides is 1. The third-order valence-corrected chi connectivity index (χ3v) is 5.62. The summed E-state index contributed by atoms with van der Waals surface area (Å²) in [5.74, 6) is -0.971. The number of nitrogens with zero attached hydrogens (tertiary/aromatic N) is 2. The average Bonchev–Trinajstić information content (AvgIpc) is 3.14. The highest BCUT2D eigenvalue weighted by atomic mass is 19.1. The summed E-state index contributed by atoms with van der Waals surface area (Å²) in [6.45, 7) is 5.07. The summed E-state index contributed by atoms with van der Waals surface area (Å²) in [6, 6.07) is 12.1. The summed E-state index contributed by atoms with van der Waals surface area (Å²) in [4.78, 5) is 32.3. The highest BCUT2D eigenvalue weighted by Crippen LogP contribution is 2.31. The molecule has 1 aliphatic heterocycles. The van der Waals surface area contributed by atoms with E-state index in [9.17, 15) is 14.0 Å². The molecule has 1 aliphatic rings.